The van der Waals surface area contributed by atoms with Crippen molar-refractivity contribution in [3.63, 3.8) is 0 Å². The Morgan fingerprint density at radius 3 is 2.63 bits per heavy atom. The minimum absolute atomic E-state index is 0.0785. The Hall–Kier alpha value is -1.40. The van der Waals surface area contributed by atoms with Crippen molar-refractivity contribution in [3.8, 4) is 5.75 Å². The predicted molar refractivity (Wildman–Crippen MR) is 102 cm³/mol. The highest BCUT2D eigenvalue weighted by Crippen LogP contribution is 2.36. The van der Waals surface area contributed by atoms with E-state index in [0.29, 0.717) is 19.4 Å². The number of ether oxygens (including phenoxy) is 1. The molecule has 27 heavy (non-hydrogen) atoms. The van der Waals surface area contributed by atoms with Crippen LogP contribution in [0, 0.1) is 0 Å². The summed E-state index contributed by atoms with van der Waals surface area (Å²) < 4.78 is 26.4. The molecule has 1 aromatic rings. The molecule has 0 saturated heterocycles. The largest absolute Gasteiger partial charge is 0.755 e. The zero-order chi connectivity index (χ0) is 20.0. The van der Waals surface area contributed by atoms with Gasteiger partial charge in [-0.05, 0) is 37.0 Å². The average Bonchev–Trinajstić information content (AvgIpc) is 2.65. The SMILES string of the molecule is CCCCCCCC(=O)NOP(=O)([O-])OCCc1cccc(OCCC)c1. The Balaban J connectivity index is 2.25. The minimum Gasteiger partial charge on any atom is -0.755 e. The second-order valence-corrected chi connectivity index (χ2v) is 7.64. The fourth-order valence-corrected chi connectivity index (χ4v) is 2.94. The summed E-state index contributed by atoms with van der Waals surface area (Å²) in [6.07, 6.45) is 6.49. The molecule has 1 atom stereocenters. The summed E-state index contributed by atoms with van der Waals surface area (Å²) in [5, 5.41) is 0. The highest BCUT2D eigenvalue weighted by Gasteiger charge is 2.12. The first-order chi connectivity index (χ1) is 13.0. The van der Waals surface area contributed by atoms with Gasteiger partial charge < -0.3 is 14.2 Å². The van der Waals surface area contributed by atoms with Crippen molar-refractivity contribution >= 4 is 13.7 Å². The van der Waals surface area contributed by atoms with Gasteiger partial charge >= 0.3 is 0 Å². The van der Waals surface area contributed by atoms with Crippen LogP contribution >= 0.6 is 7.82 Å². The van der Waals surface area contributed by atoms with E-state index >= 15 is 0 Å². The molecule has 1 rings (SSSR count). The maximum absolute atomic E-state index is 11.7. The summed E-state index contributed by atoms with van der Waals surface area (Å²) in [6.45, 7) is 4.69. The molecule has 1 aromatic carbocycles. The standard InChI is InChI=1S/C19H32NO6P/c1-3-5-6-7-8-12-19(21)20-26-27(22,23)25-15-13-17-10-9-11-18(16-17)24-14-4-2/h9-11,16H,3-8,12-15H2,1-2H3,(H,20,21)(H,22,23)/p-1. The van der Waals surface area contributed by atoms with E-state index in [4.69, 9.17) is 9.26 Å². The van der Waals surface area contributed by atoms with E-state index in [1.165, 1.54) is 0 Å². The number of phosphoric ester groups is 1. The predicted octanol–water partition coefficient (Wildman–Crippen LogP) is 3.91. The number of phosphoric acid groups is 1. The van der Waals surface area contributed by atoms with Gasteiger partial charge in [-0.2, -0.15) is 0 Å². The fraction of sp³-hybridized carbons (Fsp3) is 0.632. The molecule has 1 amide bonds. The number of carbonyl (C=O) groups excluding carboxylic acids is 1. The molecule has 1 N–H and O–H groups in total. The lowest BCUT2D eigenvalue weighted by Crippen LogP contribution is -2.25. The van der Waals surface area contributed by atoms with Crippen LogP contribution in [0.25, 0.3) is 0 Å². The van der Waals surface area contributed by atoms with E-state index < -0.39 is 13.7 Å². The lowest BCUT2D eigenvalue weighted by molar-refractivity contribution is -0.231. The van der Waals surface area contributed by atoms with Crippen molar-refractivity contribution in [1.82, 2.24) is 5.48 Å². The number of nitrogens with one attached hydrogen (secondary N) is 1. The first kappa shape index (κ1) is 23.6. The van der Waals surface area contributed by atoms with Crippen LogP contribution in [0.2, 0.25) is 0 Å². The highest BCUT2D eigenvalue weighted by atomic mass is 31.2. The molecule has 0 spiro atoms. The molecule has 0 saturated carbocycles. The van der Waals surface area contributed by atoms with Crippen molar-refractivity contribution in [2.75, 3.05) is 13.2 Å². The van der Waals surface area contributed by atoms with Crippen LogP contribution in [-0.2, 0) is 24.9 Å². The van der Waals surface area contributed by atoms with Gasteiger partial charge in [0.15, 0.2) is 0 Å². The van der Waals surface area contributed by atoms with E-state index in [2.05, 4.69) is 11.5 Å². The van der Waals surface area contributed by atoms with Gasteiger partial charge in [0, 0.05) is 6.42 Å². The maximum atomic E-state index is 11.7. The molecule has 7 nitrogen and oxygen atoms in total. The number of hydrogen-bond acceptors (Lipinski definition) is 6. The van der Waals surface area contributed by atoms with Gasteiger partial charge in [0.1, 0.15) is 5.75 Å². The molecular formula is C19H31NO6P-. The van der Waals surface area contributed by atoms with Crippen LogP contribution in [0.15, 0.2) is 24.3 Å². The van der Waals surface area contributed by atoms with E-state index in [0.717, 1.165) is 43.4 Å². The Labute approximate surface area is 162 Å². The Morgan fingerprint density at radius 1 is 1.11 bits per heavy atom. The van der Waals surface area contributed by atoms with Gasteiger partial charge in [0.25, 0.3) is 7.82 Å². The molecular weight excluding hydrogens is 369 g/mol. The van der Waals surface area contributed by atoms with E-state index in [-0.39, 0.29) is 13.0 Å². The smallest absolute Gasteiger partial charge is 0.290 e. The molecule has 154 valence electrons. The minimum atomic E-state index is -4.58. The molecule has 0 aliphatic rings. The van der Waals surface area contributed by atoms with Crippen LogP contribution in [0.4, 0.5) is 0 Å². The molecule has 8 heteroatoms. The van der Waals surface area contributed by atoms with Gasteiger partial charge in [-0.25, -0.2) is 10.1 Å². The average molecular weight is 400 g/mol. The molecule has 0 heterocycles. The summed E-state index contributed by atoms with van der Waals surface area (Å²) >= 11 is 0. The van der Waals surface area contributed by atoms with Crippen LogP contribution in [-0.4, -0.2) is 19.1 Å². The van der Waals surface area contributed by atoms with Crippen LogP contribution in [0.1, 0.15) is 64.4 Å². The van der Waals surface area contributed by atoms with Crippen molar-refractivity contribution in [2.45, 2.75) is 65.2 Å². The normalized spacial score (nSPS) is 13.1. The molecule has 0 bridgehead atoms. The van der Waals surface area contributed by atoms with Gasteiger partial charge in [-0.15, -0.1) is 0 Å². The van der Waals surface area contributed by atoms with Gasteiger partial charge in [-0.3, -0.25) is 9.36 Å². The maximum Gasteiger partial charge on any atom is 0.290 e. The molecule has 1 unspecified atom stereocenters. The number of rotatable bonds is 15. The Morgan fingerprint density at radius 2 is 1.89 bits per heavy atom. The van der Waals surface area contributed by atoms with Crippen LogP contribution in [0.5, 0.6) is 5.75 Å². The van der Waals surface area contributed by atoms with Gasteiger partial charge in [0.2, 0.25) is 5.91 Å². The molecule has 0 fully saturated rings. The van der Waals surface area contributed by atoms with Gasteiger partial charge in [0.05, 0.1) is 13.2 Å². The highest BCUT2D eigenvalue weighted by molar-refractivity contribution is 7.45. The van der Waals surface area contributed by atoms with E-state index in [1.807, 2.05) is 36.7 Å². The van der Waals surface area contributed by atoms with Crippen molar-refractivity contribution in [1.29, 1.82) is 0 Å². The van der Waals surface area contributed by atoms with Crippen LogP contribution in [0.3, 0.4) is 0 Å². The first-order valence-corrected chi connectivity index (χ1v) is 11.1. The fourth-order valence-electron chi connectivity index (χ4n) is 2.36. The van der Waals surface area contributed by atoms with E-state index in [9.17, 15) is 14.3 Å². The van der Waals surface area contributed by atoms with Gasteiger partial charge in [-0.1, -0.05) is 51.7 Å². The topological polar surface area (TPSA) is 96.9 Å². The second kappa shape index (κ2) is 13.7. The van der Waals surface area contributed by atoms with Crippen LogP contribution < -0.4 is 15.1 Å². The molecule has 0 aliphatic carbocycles. The Kier molecular flexibility index (Phi) is 12.0. The Bertz CT molecular complexity index is 595. The molecule has 0 radical (unpaired) electrons. The third-order valence-corrected chi connectivity index (χ3v) is 4.60. The number of amides is 1. The second-order valence-electron chi connectivity index (χ2n) is 6.31. The number of benzene rings is 1. The number of hydrogen-bond donors (Lipinski definition) is 1. The third kappa shape index (κ3) is 11.8. The van der Waals surface area contributed by atoms with Crippen molar-refractivity contribution in [3.05, 3.63) is 29.8 Å². The summed E-state index contributed by atoms with van der Waals surface area (Å²) in [5.41, 5.74) is 2.82. The zero-order valence-corrected chi connectivity index (χ0v) is 17.2. The molecule has 0 aromatic heterocycles. The van der Waals surface area contributed by atoms with E-state index in [1.54, 1.807) is 0 Å². The number of carbonyl (C=O) groups is 1. The van der Waals surface area contributed by atoms with Crippen molar-refractivity contribution in [2.24, 2.45) is 0 Å². The quantitative estimate of drug-likeness (QED) is 0.272. The molecule has 0 aliphatic heterocycles. The first-order valence-electron chi connectivity index (χ1n) is 9.61. The lowest BCUT2D eigenvalue weighted by atomic mass is 10.1. The number of hydroxylamine groups is 1. The summed E-state index contributed by atoms with van der Waals surface area (Å²) in [5.74, 6) is 0.272. The lowest BCUT2D eigenvalue weighted by Gasteiger charge is -2.22. The summed E-state index contributed by atoms with van der Waals surface area (Å²) in [4.78, 5) is 23.3. The zero-order valence-electron chi connectivity index (χ0n) is 16.3. The summed E-state index contributed by atoms with van der Waals surface area (Å²) in [6, 6.07) is 7.39. The summed E-state index contributed by atoms with van der Waals surface area (Å²) in [7, 11) is -4.58. The van der Waals surface area contributed by atoms with Crippen molar-refractivity contribution < 1.29 is 28.1 Å². The monoisotopic (exact) mass is 400 g/mol. The number of unbranched alkanes of at least 4 members (excludes halogenated alkanes) is 4. The third-order valence-electron chi connectivity index (χ3n) is 3.79.